The van der Waals surface area contributed by atoms with Crippen LogP contribution in [0.5, 0.6) is 5.75 Å². The third-order valence-corrected chi connectivity index (χ3v) is 6.79. The molecular weight excluding hydrogens is 480 g/mol. The quantitative estimate of drug-likeness (QED) is 0.162. The molecule has 0 radical (unpaired) electrons. The first-order valence-electron chi connectivity index (χ1n) is 12.9. The van der Waals surface area contributed by atoms with Gasteiger partial charge in [0.1, 0.15) is 0 Å². The molecule has 0 aliphatic carbocycles. The van der Waals surface area contributed by atoms with Crippen LogP contribution in [0.3, 0.4) is 0 Å². The Hall–Kier alpha value is -3.12. The SMILES string of the molecule is CC=CC1CCC(c2ccc(-c3ccc(-c4ccc(OCCCCC)c(F)c4F)cc3)c(F)c2F)OC1. The Morgan fingerprint density at radius 1 is 0.811 bits per heavy atom. The molecule has 1 saturated heterocycles. The summed E-state index contributed by atoms with van der Waals surface area (Å²) in [5.41, 5.74) is 1.23. The minimum Gasteiger partial charge on any atom is -0.490 e. The van der Waals surface area contributed by atoms with E-state index in [1.54, 1.807) is 30.3 Å². The summed E-state index contributed by atoms with van der Waals surface area (Å²) < 4.78 is 70.6. The Balaban J connectivity index is 1.50. The van der Waals surface area contributed by atoms with Crippen LogP contribution in [-0.4, -0.2) is 13.2 Å². The normalized spacial score (nSPS) is 17.9. The number of unbranched alkanes of at least 4 members (excludes halogenated alkanes) is 2. The Bertz CT molecular complexity index is 1230. The van der Waals surface area contributed by atoms with Gasteiger partial charge >= 0.3 is 0 Å². The van der Waals surface area contributed by atoms with Crippen molar-refractivity contribution in [3.05, 3.63) is 89.5 Å². The number of halogens is 4. The second-order valence-electron chi connectivity index (χ2n) is 9.39. The second kappa shape index (κ2) is 12.4. The van der Waals surface area contributed by atoms with Gasteiger partial charge in [-0.1, -0.05) is 68.3 Å². The summed E-state index contributed by atoms with van der Waals surface area (Å²) in [5.74, 6) is -3.74. The van der Waals surface area contributed by atoms with Crippen molar-refractivity contribution in [3.63, 3.8) is 0 Å². The molecule has 0 amide bonds. The number of hydrogen-bond donors (Lipinski definition) is 0. The Kier molecular flexibility index (Phi) is 9.04. The Morgan fingerprint density at radius 3 is 2.05 bits per heavy atom. The van der Waals surface area contributed by atoms with Crippen LogP contribution in [0.25, 0.3) is 22.3 Å². The van der Waals surface area contributed by atoms with Crippen molar-refractivity contribution in [1.29, 1.82) is 0 Å². The monoisotopic (exact) mass is 512 g/mol. The van der Waals surface area contributed by atoms with E-state index in [0.29, 0.717) is 36.7 Å². The smallest absolute Gasteiger partial charge is 0.201 e. The zero-order chi connectivity index (χ0) is 26.4. The van der Waals surface area contributed by atoms with Crippen LogP contribution in [0, 0.1) is 29.2 Å². The lowest BCUT2D eigenvalue weighted by atomic mass is 9.92. The lowest BCUT2D eigenvalue weighted by Gasteiger charge is -2.28. The standard InChI is InChI=1S/C31H32F4O2/c1-3-5-6-18-36-27-17-15-24(29(33)31(27)35)22-11-9-21(10-12-22)23-13-14-25(30(34)28(23)32)26-16-8-20(7-4-2)19-37-26/h4,7,9-15,17,20,26H,3,5-6,8,16,18-19H2,1-2H3. The first-order valence-corrected chi connectivity index (χ1v) is 12.9. The molecule has 37 heavy (non-hydrogen) atoms. The number of rotatable bonds is 9. The molecule has 1 fully saturated rings. The zero-order valence-electron chi connectivity index (χ0n) is 21.2. The summed E-state index contributed by atoms with van der Waals surface area (Å²) in [6.45, 7) is 4.79. The van der Waals surface area contributed by atoms with E-state index >= 15 is 8.78 Å². The fraction of sp³-hybridized carbons (Fsp3) is 0.355. The minimum atomic E-state index is -1.04. The molecule has 0 aromatic heterocycles. The first kappa shape index (κ1) is 26.9. The molecule has 2 unspecified atom stereocenters. The van der Waals surface area contributed by atoms with E-state index in [9.17, 15) is 8.78 Å². The molecule has 2 atom stereocenters. The number of benzene rings is 3. The number of ether oxygens (including phenoxy) is 2. The molecule has 1 heterocycles. The van der Waals surface area contributed by atoms with Gasteiger partial charge in [0.2, 0.25) is 5.82 Å². The van der Waals surface area contributed by atoms with Crippen molar-refractivity contribution >= 4 is 0 Å². The fourth-order valence-corrected chi connectivity index (χ4v) is 4.71. The molecule has 6 heteroatoms. The van der Waals surface area contributed by atoms with Gasteiger partial charge in [-0.2, -0.15) is 4.39 Å². The molecule has 0 N–H and O–H groups in total. The van der Waals surface area contributed by atoms with Crippen molar-refractivity contribution < 1.29 is 27.0 Å². The lowest BCUT2D eigenvalue weighted by Crippen LogP contribution is -2.20. The van der Waals surface area contributed by atoms with Gasteiger partial charge in [-0.25, -0.2) is 13.2 Å². The van der Waals surface area contributed by atoms with Crippen molar-refractivity contribution in [2.24, 2.45) is 5.92 Å². The average Bonchev–Trinajstić information content (AvgIpc) is 2.91. The highest BCUT2D eigenvalue weighted by molar-refractivity contribution is 5.71. The highest BCUT2D eigenvalue weighted by Gasteiger charge is 2.26. The fourth-order valence-electron chi connectivity index (χ4n) is 4.71. The molecule has 3 aromatic rings. The topological polar surface area (TPSA) is 18.5 Å². The maximum absolute atomic E-state index is 15.1. The lowest BCUT2D eigenvalue weighted by molar-refractivity contribution is -0.00743. The molecule has 0 bridgehead atoms. The Morgan fingerprint density at radius 2 is 1.46 bits per heavy atom. The van der Waals surface area contributed by atoms with E-state index in [0.717, 1.165) is 25.7 Å². The van der Waals surface area contributed by atoms with Gasteiger partial charge in [0.05, 0.1) is 19.3 Å². The maximum atomic E-state index is 15.1. The molecular formula is C31H32F4O2. The highest BCUT2D eigenvalue weighted by atomic mass is 19.2. The molecule has 3 aromatic carbocycles. The molecule has 196 valence electrons. The largest absolute Gasteiger partial charge is 0.490 e. The van der Waals surface area contributed by atoms with Crippen LogP contribution in [0.4, 0.5) is 17.6 Å². The molecule has 1 aliphatic rings. The van der Waals surface area contributed by atoms with E-state index in [-0.39, 0.29) is 22.4 Å². The molecule has 4 rings (SSSR count). The molecule has 2 nitrogen and oxygen atoms in total. The first-order chi connectivity index (χ1) is 17.9. The third-order valence-electron chi connectivity index (χ3n) is 6.79. The predicted octanol–water partition coefficient (Wildman–Crippen LogP) is 9.19. The van der Waals surface area contributed by atoms with Crippen LogP contribution < -0.4 is 4.74 Å². The number of hydrogen-bond acceptors (Lipinski definition) is 2. The van der Waals surface area contributed by atoms with Crippen LogP contribution in [-0.2, 0) is 4.74 Å². The van der Waals surface area contributed by atoms with Gasteiger partial charge in [0.15, 0.2) is 23.2 Å². The van der Waals surface area contributed by atoms with Crippen LogP contribution in [0.2, 0.25) is 0 Å². The van der Waals surface area contributed by atoms with Gasteiger partial charge in [-0.3, -0.25) is 0 Å². The highest BCUT2D eigenvalue weighted by Crippen LogP contribution is 2.37. The van der Waals surface area contributed by atoms with Crippen molar-refractivity contribution in [2.75, 3.05) is 13.2 Å². The van der Waals surface area contributed by atoms with Crippen molar-refractivity contribution in [1.82, 2.24) is 0 Å². The van der Waals surface area contributed by atoms with Gasteiger partial charge in [-0.15, -0.1) is 0 Å². The van der Waals surface area contributed by atoms with Gasteiger partial charge in [0, 0.05) is 22.6 Å². The summed E-state index contributed by atoms with van der Waals surface area (Å²) >= 11 is 0. The summed E-state index contributed by atoms with van der Waals surface area (Å²) in [7, 11) is 0. The van der Waals surface area contributed by atoms with E-state index < -0.39 is 29.4 Å². The summed E-state index contributed by atoms with van der Waals surface area (Å²) in [4.78, 5) is 0. The number of allylic oxidation sites excluding steroid dienone is 1. The van der Waals surface area contributed by atoms with Crippen LogP contribution in [0.15, 0.2) is 60.7 Å². The summed E-state index contributed by atoms with van der Waals surface area (Å²) in [6.07, 6.45) is 7.74. The second-order valence-corrected chi connectivity index (χ2v) is 9.39. The maximum Gasteiger partial charge on any atom is 0.201 e. The molecule has 0 spiro atoms. The van der Waals surface area contributed by atoms with Gasteiger partial charge in [-0.05, 0) is 49.4 Å². The summed E-state index contributed by atoms with van der Waals surface area (Å²) in [6, 6.07) is 12.2. The van der Waals surface area contributed by atoms with Crippen molar-refractivity contribution in [2.45, 2.75) is 52.1 Å². The van der Waals surface area contributed by atoms with E-state index in [1.165, 1.54) is 18.2 Å². The van der Waals surface area contributed by atoms with Gasteiger partial charge in [0.25, 0.3) is 0 Å². The van der Waals surface area contributed by atoms with E-state index in [1.807, 2.05) is 19.9 Å². The van der Waals surface area contributed by atoms with Crippen molar-refractivity contribution in [3.8, 4) is 28.0 Å². The predicted molar refractivity (Wildman–Crippen MR) is 138 cm³/mol. The molecule has 1 aliphatic heterocycles. The zero-order valence-corrected chi connectivity index (χ0v) is 21.2. The van der Waals surface area contributed by atoms with Crippen LogP contribution in [0.1, 0.15) is 57.6 Å². The third kappa shape index (κ3) is 6.07. The van der Waals surface area contributed by atoms with E-state index in [4.69, 9.17) is 9.47 Å². The summed E-state index contributed by atoms with van der Waals surface area (Å²) in [5, 5.41) is 0. The molecule has 0 saturated carbocycles. The van der Waals surface area contributed by atoms with E-state index in [2.05, 4.69) is 6.08 Å². The minimum absolute atomic E-state index is 0.0672. The average molecular weight is 513 g/mol. The Labute approximate surface area is 215 Å². The van der Waals surface area contributed by atoms with Gasteiger partial charge < -0.3 is 9.47 Å². The van der Waals surface area contributed by atoms with Crippen LogP contribution >= 0.6 is 0 Å².